The first-order valence-electron chi connectivity index (χ1n) is 8.00. The molecule has 25 heavy (non-hydrogen) atoms. The minimum absolute atomic E-state index is 0.137. The molecule has 5 nitrogen and oxygen atoms in total. The van der Waals surface area contributed by atoms with E-state index in [1.165, 1.54) is 0 Å². The molecule has 0 fully saturated rings. The van der Waals surface area contributed by atoms with Crippen LogP contribution in [-0.4, -0.2) is 26.2 Å². The lowest BCUT2D eigenvalue weighted by Crippen LogP contribution is -2.01. The van der Waals surface area contributed by atoms with E-state index in [-0.39, 0.29) is 12.2 Å². The van der Waals surface area contributed by atoms with E-state index in [1.54, 1.807) is 30.3 Å². The minimum Gasteiger partial charge on any atom is -0.508 e. The Bertz CT molecular complexity index is 910. The highest BCUT2D eigenvalue weighted by atomic mass is 35.5. The number of nitrogens with zero attached hydrogens (tertiary/aromatic N) is 2. The third kappa shape index (κ3) is 4.25. The number of phenols is 1. The number of halogens is 1. The summed E-state index contributed by atoms with van der Waals surface area (Å²) in [5, 5.41) is 19.1. The molecular weight excluding hydrogens is 340 g/mol. The highest BCUT2D eigenvalue weighted by Gasteiger charge is 2.12. The Labute approximate surface area is 149 Å². The van der Waals surface area contributed by atoms with E-state index in [0.29, 0.717) is 35.3 Å². The molecule has 0 unspecified atom stereocenters. The van der Waals surface area contributed by atoms with Gasteiger partial charge in [-0.25, -0.2) is 9.97 Å². The van der Waals surface area contributed by atoms with E-state index in [9.17, 15) is 9.90 Å². The highest BCUT2D eigenvalue weighted by molar-refractivity contribution is 6.30. The maximum atomic E-state index is 10.7. The molecule has 0 saturated heterocycles. The molecule has 0 radical (unpaired) electrons. The second kappa shape index (κ2) is 7.49. The van der Waals surface area contributed by atoms with Crippen LogP contribution >= 0.6 is 11.6 Å². The van der Waals surface area contributed by atoms with Gasteiger partial charge in [-0.05, 0) is 43.5 Å². The lowest BCUT2D eigenvalue weighted by molar-refractivity contribution is -0.137. The molecule has 0 atom stereocenters. The van der Waals surface area contributed by atoms with Crippen molar-refractivity contribution in [3.05, 3.63) is 53.2 Å². The number of unbranched alkanes of at least 4 members (excludes halogenated alkanes) is 1. The number of phenolic OH excluding ortho intramolecular Hbond substituents is 1. The molecule has 3 rings (SSSR count). The number of aromatic nitrogens is 2. The predicted molar refractivity (Wildman–Crippen MR) is 96.8 cm³/mol. The average molecular weight is 357 g/mol. The van der Waals surface area contributed by atoms with Crippen LogP contribution in [0.4, 0.5) is 0 Å². The standard InChI is InChI=1S/C19H17ClN2O3/c20-13-7-5-12(6-8-13)19-16(3-1-2-4-18(24)25)21-17-11-14(23)9-10-15(17)22-19/h5-11,23H,1-4H2,(H,24,25). The van der Waals surface area contributed by atoms with E-state index in [4.69, 9.17) is 21.7 Å². The monoisotopic (exact) mass is 356 g/mol. The van der Waals surface area contributed by atoms with Crippen LogP contribution in [0.25, 0.3) is 22.3 Å². The zero-order valence-corrected chi connectivity index (χ0v) is 14.2. The zero-order chi connectivity index (χ0) is 17.8. The van der Waals surface area contributed by atoms with Crippen LogP contribution in [0.1, 0.15) is 25.0 Å². The summed E-state index contributed by atoms with van der Waals surface area (Å²) in [4.78, 5) is 20.0. The van der Waals surface area contributed by atoms with Gasteiger partial charge in [-0.15, -0.1) is 0 Å². The number of aryl methyl sites for hydroxylation is 1. The number of hydrogen-bond acceptors (Lipinski definition) is 4. The van der Waals surface area contributed by atoms with Crippen molar-refractivity contribution >= 4 is 28.6 Å². The molecule has 1 aromatic heterocycles. The van der Waals surface area contributed by atoms with Crippen molar-refractivity contribution in [2.45, 2.75) is 25.7 Å². The van der Waals surface area contributed by atoms with Crippen molar-refractivity contribution in [2.75, 3.05) is 0 Å². The molecule has 1 heterocycles. The van der Waals surface area contributed by atoms with Gasteiger partial charge in [0.1, 0.15) is 5.75 Å². The van der Waals surface area contributed by atoms with Gasteiger partial charge in [0.05, 0.1) is 22.4 Å². The number of carboxylic acids is 1. The van der Waals surface area contributed by atoms with Gasteiger partial charge >= 0.3 is 5.97 Å². The molecule has 2 N–H and O–H groups in total. The summed E-state index contributed by atoms with van der Waals surface area (Å²) in [5.41, 5.74) is 3.75. The summed E-state index contributed by atoms with van der Waals surface area (Å²) in [7, 11) is 0. The number of carbonyl (C=O) groups is 1. The van der Waals surface area contributed by atoms with Gasteiger partial charge in [0.25, 0.3) is 0 Å². The average Bonchev–Trinajstić information content (AvgIpc) is 2.58. The summed E-state index contributed by atoms with van der Waals surface area (Å²) in [6.45, 7) is 0. The van der Waals surface area contributed by atoms with Crippen molar-refractivity contribution in [1.82, 2.24) is 9.97 Å². The Balaban J connectivity index is 1.99. The van der Waals surface area contributed by atoms with Gasteiger partial charge in [0.15, 0.2) is 0 Å². The Morgan fingerprint density at radius 2 is 1.76 bits per heavy atom. The Morgan fingerprint density at radius 1 is 1.00 bits per heavy atom. The normalized spacial score (nSPS) is 10.9. The van der Waals surface area contributed by atoms with Crippen LogP contribution in [0.5, 0.6) is 5.75 Å². The van der Waals surface area contributed by atoms with Gasteiger partial charge in [-0.1, -0.05) is 23.7 Å². The zero-order valence-electron chi connectivity index (χ0n) is 13.4. The van der Waals surface area contributed by atoms with E-state index >= 15 is 0 Å². The fourth-order valence-corrected chi connectivity index (χ4v) is 2.79. The lowest BCUT2D eigenvalue weighted by Gasteiger charge is -2.10. The van der Waals surface area contributed by atoms with E-state index in [2.05, 4.69) is 4.98 Å². The first-order valence-corrected chi connectivity index (χ1v) is 8.38. The number of carboxylic acid groups (broad SMARTS) is 1. The van der Waals surface area contributed by atoms with Crippen molar-refractivity contribution in [3.63, 3.8) is 0 Å². The van der Waals surface area contributed by atoms with Gasteiger partial charge in [0, 0.05) is 23.1 Å². The van der Waals surface area contributed by atoms with Crippen LogP contribution in [0.15, 0.2) is 42.5 Å². The molecule has 6 heteroatoms. The molecule has 0 aliphatic rings. The van der Waals surface area contributed by atoms with Crippen LogP contribution in [0, 0.1) is 0 Å². The summed E-state index contributed by atoms with van der Waals surface area (Å²) in [5.74, 6) is -0.662. The van der Waals surface area contributed by atoms with Crippen molar-refractivity contribution in [3.8, 4) is 17.0 Å². The van der Waals surface area contributed by atoms with Crippen LogP contribution in [0.2, 0.25) is 5.02 Å². The number of fused-ring (bicyclic) bond motifs is 1. The first-order chi connectivity index (χ1) is 12.0. The second-order valence-corrected chi connectivity index (χ2v) is 6.24. The quantitative estimate of drug-likeness (QED) is 0.637. The number of hydrogen-bond donors (Lipinski definition) is 2. The van der Waals surface area contributed by atoms with E-state index in [1.807, 2.05) is 12.1 Å². The molecule has 0 saturated carbocycles. The van der Waals surface area contributed by atoms with E-state index < -0.39 is 5.97 Å². The maximum Gasteiger partial charge on any atom is 0.303 e. The third-order valence-corrected chi connectivity index (χ3v) is 4.14. The summed E-state index contributed by atoms with van der Waals surface area (Å²) >= 11 is 5.96. The van der Waals surface area contributed by atoms with Crippen molar-refractivity contribution < 1.29 is 15.0 Å². The van der Waals surface area contributed by atoms with Crippen molar-refractivity contribution in [1.29, 1.82) is 0 Å². The Morgan fingerprint density at radius 3 is 2.48 bits per heavy atom. The first kappa shape index (κ1) is 17.2. The minimum atomic E-state index is -0.799. The van der Waals surface area contributed by atoms with Gasteiger partial charge in [-0.3, -0.25) is 4.79 Å². The summed E-state index contributed by atoms with van der Waals surface area (Å²) in [6, 6.07) is 12.3. The van der Waals surface area contributed by atoms with Gasteiger partial charge in [0.2, 0.25) is 0 Å². The summed E-state index contributed by atoms with van der Waals surface area (Å²) in [6.07, 6.45) is 2.03. The molecule has 0 bridgehead atoms. The second-order valence-electron chi connectivity index (χ2n) is 5.80. The fraction of sp³-hybridized carbons (Fsp3) is 0.211. The molecule has 0 aliphatic heterocycles. The topological polar surface area (TPSA) is 83.3 Å². The molecule has 2 aromatic carbocycles. The number of rotatable bonds is 6. The number of benzene rings is 2. The molecule has 0 spiro atoms. The summed E-state index contributed by atoms with van der Waals surface area (Å²) < 4.78 is 0. The number of aliphatic carboxylic acids is 1. The lowest BCUT2D eigenvalue weighted by atomic mass is 10.0. The number of aromatic hydroxyl groups is 1. The Hall–Kier alpha value is -2.66. The Kier molecular flexibility index (Phi) is 5.14. The SMILES string of the molecule is O=C(O)CCCCc1nc2cc(O)ccc2nc1-c1ccc(Cl)cc1. The molecule has 128 valence electrons. The van der Waals surface area contributed by atoms with Gasteiger partial charge < -0.3 is 10.2 Å². The third-order valence-electron chi connectivity index (χ3n) is 3.89. The largest absolute Gasteiger partial charge is 0.508 e. The molecule has 0 amide bonds. The van der Waals surface area contributed by atoms with Crippen LogP contribution < -0.4 is 0 Å². The maximum absolute atomic E-state index is 10.7. The van der Waals surface area contributed by atoms with E-state index in [0.717, 1.165) is 17.0 Å². The highest BCUT2D eigenvalue weighted by Crippen LogP contribution is 2.27. The molecule has 3 aromatic rings. The van der Waals surface area contributed by atoms with Crippen LogP contribution in [0.3, 0.4) is 0 Å². The van der Waals surface area contributed by atoms with Gasteiger partial charge in [-0.2, -0.15) is 0 Å². The van der Waals surface area contributed by atoms with Crippen LogP contribution in [-0.2, 0) is 11.2 Å². The molecular formula is C19H17ClN2O3. The fourth-order valence-electron chi connectivity index (χ4n) is 2.66. The van der Waals surface area contributed by atoms with Crippen molar-refractivity contribution in [2.24, 2.45) is 0 Å². The smallest absolute Gasteiger partial charge is 0.303 e. The molecule has 0 aliphatic carbocycles. The predicted octanol–water partition coefficient (Wildman–Crippen LogP) is 4.45.